The zero-order chi connectivity index (χ0) is 26.8. The van der Waals surface area contributed by atoms with Crippen molar-refractivity contribution in [2.45, 2.75) is 38.3 Å². The Kier molecular flexibility index (Phi) is 7.72. The molecule has 1 saturated heterocycles. The van der Waals surface area contributed by atoms with Crippen molar-refractivity contribution < 1.29 is 9.47 Å². The van der Waals surface area contributed by atoms with Crippen LogP contribution in [0.1, 0.15) is 31.7 Å². The van der Waals surface area contributed by atoms with Crippen molar-refractivity contribution in [2.75, 3.05) is 39.3 Å². The molecule has 1 aliphatic carbocycles. The molecular weight excluding hydrogens is 531 g/mol. The first-order chi connectivity index (χ1) is 19.0. The number of benzene rings is 3. The average molecular weight is 566 g/mol. The lowest BCUT2D eigenvalue weighted by Crippen LogP contribution is -2.44. The van der Waals surface area contributed by atoms with Gasteiger partial charge < -0.3 is 19.4 Å². The molecule has 204 valence electrons. The van der Waals surface area contributed by atoms with E-state index < -0.39 is 0 Å². The second kappa shape index (κ2) is 11.4. The van der Waals surface area contributed by atoms with E-state index in [4.69, 9.17) is 37.7 Å². The predicted octanol–water partition coefficient (Wildman–Crippen LogP) is 6.66. The Morgan fingerprint density at radius 1 is 1.00 bits per heavy atom. The van der Waals surface area contributed by atoms with Crippen LogP contribution in [0, 0.1) is 0 Å². The molecule has 0 amide bonds. The topological polar surface area (TPSA) is 51.6 Å². The second-order valence-electron chi connectivity index (χ2n) is 10.8. The normalized spacial score (nSPS) is 17.2. The summed E-state index contributed by atoms with van der Waals surface area (Å²) in [6.07, 6.45) is 3.31. The Balaban J connectivity index is 1.32. The zero-order valence-corrected chi connectivity index (χ0v) is 23.8. The zero-order valence-electron chi connectivity index (χ0n) is 22.3. The number of hydrogen-bond acceptors (Lipinski definition) is 5. The molecule has 3 aromatic carbocycles. The van der Waals surface area contributed by atoms with Crippen LogP contribution in [0.5, 0.6) is 11.5 Å². The summed E-state index contributed by atoms with van der Waals surface area (Å²) in [5, 5.41) is 4.69. The van der Waals surface area contributed by atoms with E-state index in [9.17, 15) is 0 Å². The van der Waals surface area contributed by atoms with Crippen molar-refractivity contribution in [2.24, 2.45) is 0 Å². The molecule has 0 spiro atoms. The van der Waals surface area contributed by atoms with Crippen LogP contribution in [0.15, 0.2) is 60.7 Å². The fraction of sp³-hybridized carbons (Fsp3) is 0.387. The number of halogens is 2. The van der Waals surface area contributed by atoms with Crippen LogP contribution >= 0.6 is 23.2 Å². The molecule has 1 saturated carbocycles. The highest BCUT2D eigenvalue weighted by molar-refractivity contribution is 6.33. The summed E-state index contributed by atoms with van der Waals surface area (Å²) in [5.74, 6) is 2.36. The molecule has 1 N–H and O–H groups in total. The van der Waals surface area contributed by atoms with Gasteiger partial charge in [-0.1, -0.05) is 41.4 Å². The van der Waals surface area contributed by atoms with Crippen LogP contribution in [-0.2, 0) is 6.54 Å². The van der Waals surface area contributed by atoms with E-state index in [0.29, 0.717) is 23.2 Å². The van der Waals surface area contributed by atoms with Crippen LogP contribution < -0.4 is 14.8 Å². The molecule has 2 heterocycles. The van der Waals surface area contributed by atoms with E-state index in [2.05, 4.69) is 33.8 Å². The maximum atomic E-state index is 6.89. The van der Waals surface area contributed by atoms with Crippen molar-refractivity contribution in [3.63, 3.8) is 0 Å². The van der Waals surface area contributed by atoms with Gasteiger partial charge in [0.1, 0.15) is 35.0 Å². The highest BCUT2D eigenvalue weighted by Gasteiger charge is 2.35. The maximum Gasteiger partial charge on any atom is 0.147 e. The number of hydrogen-bond donors (Lipinski definition) is 1. The van der Waals surface area contributed by atoms with E-state index in [1.807, 2.05) is 48.5 Å². The molecule has 6 rings (SSSR count). The first kappa shape index (κ1) is 26.5. The van der Waals surface area contributed by atoms with Crippen LogP contribution in [0.3, 0.4) is 0 Å². The third kappa shape index (κ3) is 5.90. The molecule has 0 unspecified atom stereocenters. The van der Waals surface area contributed by atoms with Gasteiger partial charge in [-0.2, -0.15) is 0 Å². The summed E-state index contributed by atoms with van der Waals surface area (Å²) >= 11 is 13.2. The van der Waals surface area contributed by atoms with Crippen molar-refractivity contribution in [3.8, 4) is 22.9 Å². The van der Waals surface area contributed by atoms with Gasteiger partial charge in [0.15, 0.2) is 0 Å². The monoisotopic (exact) mass is 564 g/mol. The Morgan fingerprint density at radius 3 is 2.56 bits per heavy atom. The molecule has 0 bridgehead atoms. The van der Waals surface area contributed by atoms with E-state index in [1.165, 1.54) is 6.42 Å². The van der Waals surface area contributed by atoms with Gasteiger partial charge in [-0.05, 0) is 74.2 Å². The molecule has 39 heavy (non-hydrogen) atoms. The lowest BCUT2D eigenvalue weighted by atomic mass is 9.82. The van der Waals surface area contributed by atoms with Crippen LogP contribution in [0.2, 0.25) is 10.0 Å². The lowest BCUT2D eigenvalue weighted by molar-refractivity contribution is 0.0125. The van der Waals surface area contributed by atoms with E-state index >= 15 is 0 Å². The number of rotatable bonds is 9. The van der Waals surface area contributed by atoms with Gasteiger partial charge in [-0.3, -0.25) is 4.90 Å². The average Bonchev–Trinajstić information content (AvgIpc) is 3.27. The quantitative estimate of drug-likeness (QED) is 0.246. The minimum Gasteiger partial charge on any atom is -0.492 e. The van der Waals surface area contributed by atoms with Crippen LogP contribution in [0.25, 0.3) is 22.4 Å². The summed E-state index contributed by atoms with van der Waals surface area (Å²) in [6, 6.07) is 20.0. The van der Waals surface area contributed by atoms with Gasteiger partial charge in [0, 0.05) is 49.9 Å². The first-order valence-corrected chi connectivity index (χ1v) is 14.5. The summed E-state index contributed by atoms with van der Waals surface area (Å²) in [5.41, 5.74) is 3.65. The summed E-state index contributed by atoms with van der Waals surface area (Å²) in [7, 11) is 0. The van der Waals surface area contributed by atoms with Gasteiger partial charge in [-0.25, -0.2) is 4.98 Å². The molecule has 1 aliphatic heterocycles. The van der Waals surface area contributed by atoms with Crippen molar-refractivity contribution in [1.82, 2.24) is 19.8 Å². The number of aromatic nitrogens is 2. The summed E-state index contributed by atoms with van der Waals surface area (Å²) < 4.78 is 14.8. The maximum absolute atomic E-state index is 6.89. The molecule has 4 aromatic rings. The fourth-order valence-electron chi connectivity index (χ4n) is 5.42. The van der Waals surface area contributed by atoms with Gasteiger partial charge in [0.25, 0.3) is 0 Å². The van der Waals surface area contributed by atoms with Gasteiger partial charge in [0.05, 0.1) is 10.5 Å². The second-order valence-corrected chi connectivity index (χ2v) is 11.6. The minimum atomic E-state index is -0.132. The molecule has 8 heteroatoms. The highest BCUT2D eigenvalue weighted by atomic mass is 35.5. The molecule has 2 aliphatic rings. The Bertz CT molecular complexity index is 1460. The first-order valence-electron chi connectivity index (χ1n) is 13.8. The van der Waals surface area contributed by atoms with Gasteiger partial charge in [-0.15, -0.1) is 0 Å². The standard InChI is InChI=1S/C31H34Cl2N4O2/c1-31(11-4-12-31)39-28-8-3-7-27-29(28)35-30(37(27)21-22-5-2-6-23(32)19-22)25-10-9-24(20-26(25)33)38-18-17-36-15-13-34-14-16-36/h2-3,5-10,19-20,34H,4,11-18,21H2,1H3. The van der Waals surface area contributed by atoms with Gasteiger partial charge in [0.2, 0.25) is 0 Å². The number of para-hydroxylation sites is 1. The molecule has 0 atom stereocenters. The molecule has 0 radical (unpaired) electrons. The number of ether oxygens (including phenoxy) is 2. The molecule has 1 aromatic heterocycles. The largest absolute Gasteiger partial charge is 0.492 e. The van der Waals surface area contributed by atoms with Gasteiger partial charge >= 0.3 is 0 Å². The summed E-state index contributed by atoms with van der Waals surface area (Å²) in [4.78, 5) is 7.54. The number of piperazine rings is 1. The smallest absolute Gasteiger partial charge is 0.147 e. The van der Waals surface area contributed by atoms with Crippen molar-refractivity contribution in [1.29, 1.82) is 0 Å². The Labute approximate surface area is 239 Å². The van der Waals surface area contributed by atoms with Crippen molar-refractivity contribution in [3.05, 3.63) is 76.3 Å². The Hall–Kier alpha value is -2.77. The molecule has 2 fully saturated rings. The summed E-state index contributed by atoms with van der Waals surface area (Å²) in [6.45, 7) is 8.48. The third-order valence-electron chi connectivity index (χ3n) is 7.81. The number of imidazole rings is 1. The molecular formula is C31H34Cl2N4O2. The van der Waals surface area contributed by atoms with Crippen LogP contribution in [0.4, 0.5) is 0 Å². The van der Waals surface area contributed by atoms with E-state index in [-0.39, 0.29) is 5.60 Å². The Morgan fingerprint density at radius 2 is 1.82 bits per heavy atom. The fourth-order valence-corrected chi connectivity index (χ4v) is 5.89. The van der Waals surface area contributed by atoms with Crippen molar-refractivity contribution >= 4 is 34.2 Å². The SMILES string of the molecule is CC1(Oc2cccc3c2nc(-c2ccc(OCCN4CCNCC4)cc2Cl)n3Cc2cccc(Cl)c2)CCC1. The predicted molar refractivity (Wildman–Crippen MR) is 158 cm³/mol. The van der Waals surface area contributed by atoms with E-state index in [1.54, 1.807) is 0 Å². The minimum absolute atomic E-state index is 0.132. The number of nitrogens with zero attached hydrogens (tertiary/aromatic N) is 3. The van der Waals surface area contributed by atoms with Crippen LogP contribution in [-0.4, -0.2) is 59.4 Å². The number of nitrogens with one attached hydrogen (secondary N) is 1. The number of fused-ring (bicyclic) bond motifs is 1. The van der Waals surface area contributed by atoms with E-state index in [0.717, 1.165) is 85.0 Å². The molecule has 6 nitrogen and oxygen atoms in total. The highest BCUT2D eigenvalue weighted by Crippen LogP contribution is 2.40. The third-order valence-corrected chi connectivity index (χ3v) is 8.35. The lowest BCUT2D eigenvalue weighted by Gasteiger charge is -2.38.